The van der Waals surface area contributed by atoms with Gasteiger partial charge in [0.25, 0.3) is 11.8 Å². The molecule has 1 N–H and O–H groups in total. The molecular formula is C17H20F2N4O. The van der Waals surface area contributed by atoms with Gasteiger partial charge in [-0.25, -0.2) is 18.4 Å². The third-order valence-corrected chi connectivity index (χ3v) is 4.18. The summed E-state index contributed by atoms with van der Waals surface area (Å²) in [5.74, 6) is -2.32. The Kier molecular flexibility index (Phi) is 4.11. The van der Waals surface area contributed by atoms with Gasteiger partial charge in [0.15, 0.2) is 0 Å². The number of halogens is 2. The molecule has 7 heteroatoms. The minimum Gasteiger partial charge on any atom is -0.346 e. The lowest BCUT2D eigenvalue weighted by Gasteiger charge is -2.34. The summed E-state index contributed by atoms with van der Waals surface area (Å²) in [4.78, 5) is 16.4. The number of carbonyl (C=O) groups is 1. The van der Waals surface area contributed by atoms with E-state index in [4.69, 9.17) is 0 Å². The van der Waals surface area contributed by atoms with Crippen LogP contribution < -0.4 is 5.32 Å². The number of rotatable bonds is 4. The third kappa shape index (κ3) is 3.16. The van der Waals surface area contributed by atoms with E-state index in [9.17, 15) is 13.6 Å². The lowest BCUT2D eigenvalue weighted by Crippen LogP contribution is -2.50. The van der Waals surface area contributed by atoms with Crippen LogP contribution in [0.25, 0.3) is 5.69 Å². The van der Waals surface area contributed by atoms with Gasteiger partial charge in [0.1, 0.15) is 5.82 Å². The zero-order valence-corrected chi connectivity index (χ0v) is 13.9. The zero-order chi connectivity index (χ0) is 17.5. The molecule has 0 unspecified atom stereocenters. The molecule has 1 amide bonds. The van der Waals surface area contributed by atoms with Crippen molar-refractivity contribution in [2.75, 3.05) is 0 Å². The summed E-state index contributed by atoms with van der Waals surface area (Å²) in [6.07, 6.45) is -0.650. The fourth-order valence-electron chi connectivity index (χ4n) is 2.90. The van der Waals surface area contributed by atoms with Crippen molar-refractivity contribution >= 4 is 5.91 Å². The van der Waals surface area contributed by atoms with Crippen LogP contribution in [0.15, 0.2) is 24.3 Å². The quantitative estimate of drug-likeness (QED) is 0.934. The van der Waals surface area contributed by atoms with Gasteiger partial charge in [0.2, 0.25) is 5.82 Å². The summed E-state index contributed by atoms with van der Waals surface area (Å²) in [5, 5.41) is 6.84. The number of amides is 1. The van der Waals surface area contributed by atoms with Crippen molar-refractivity contribution in [2.45, 2.75) is 51.5 Å². The van der Waals surface area contributed by atoms with E-state index >= 15 is 0 Å². The van der Waals surface area contributed by atoms with Crippen LogP contribution in [0.4, 0.5) is 8.78 Å². The van der Waals surface area contributed by atoms with E-state index in [1.807, 2.05) is 24.3 Å². The molecule has 3 rings (SSSR count). The Balaban J connectivity index is 1.82. The summed E-state index contributed by atoms with van der Waals surface area (Å²) in [6, 6.07) is 7.28. The fraction of sp³-hybridized carbons (Fsp3) is 0.471. The first-order chi connectivity index (χ1) is 11.3. The SMILES string of the molecule is Cc1nc(C(=O)NC2CC(F)(F)C2)nn1-c1ccccc1C(C)C. The van der Waals surface area contributed by atoms with E-state index in [0.717, 1.165) is 11.3 Å². The second-order valence-corrected chi connectivity index (χ2v) is 6.54. The van der Waals surface area contributed by atoms with Crippen LogP contribution in [0.3, 0.4) is 0 Å². The molecule has 1 saturated carbocycles. The highest BCUT2D eigenvalue weighted by atomic mass is 19.3. The molecule has 0 spiro atoms. The first-order valence-corrected chi connectivity index (χ1v) is 7.98. The molecule has 128 valence electrons. The standard InChI is InChI=1S/C17H20F2N4O/c1-10(2)13-6-4-5-7-14(13)23-11(3)20-15(22-23)16(24)21-12-8-17(18,19)9-12/h4-7,10,12H,8-9H2,1-3H3,(H,21,24). The normalized spacial score (nSPS) is 16.9. The number of nitrogens with one attached hydrogen (secondary N) is 1. The number of hydrogen-bond donors (Lipinski definition) is 1. The van der Waals surface area contributed by atoms with E-state index in [1.54, 1.807) is 11.6 Å². The Labute approximate surface area is 139 Å². The molecule has 1 fully saturated rings. The molecule has 0 radical (unpaired) electrons. The van der Waals surface area contributed by atoms with Crippen molar-refractivity contribution in [2.24, 2.45) is 0 Å². The first-order valence-electron chi connectivity index (χ1n) is 7.98. The van der Waals surface area contributed by atoms with Crippen molar-refractivity contribution in [3.05, 3.63) is 41.5 Å². The number of aryl methyl sites for hydroxylation is 1. The van der Waals surface area contributed by atoms with Crippen molar-refractivity contribution in [1.29, 1.82) is 0 Å². The van der Waals surface area contributed by atoms with Crippen LogP contribution in [0, 0.1) is 6.92 Å². The van der Waals surface area contributed by atoms with Crippen LogP contribution >= 0.6 is 0 Å². The molecule has 1 aliphatic rings. The number of alkyl halides is 2. The average Bonchev–Trinajstić information content (AvgIpc) is 2.87. The van der Waals surface area contributed by atoms with Crippen LogP contribution in [-0.2, 0) is 0 Å². The summed E-state index contributed by atoms with van der Waals surface area (Å²) in [6.45, 7) is 5.92. The van der Waals surface area contributed by atoms with Gasteiger partial charge in [-0.1, -0.05) is 32.0 Å². The van der Waals surface area contributed by atoms with Crippen LogP contribution in [0.2, 0.25) is 0 Å². The highest BCUT2D eigenvalue weighted by molar-refractivity contribution is 5.90. The minimum atomic E-state index is -2.67. The number of carbonyl (C=O) groups excluding carboxylic acids is 1. The van der Waals surface area contributed by atoms with E-state index in [0.29, 0.717) is 11.7 Å². The van der Waals surface area contributed by atoms with Crippen molar-refractivity contribution < 1.29 is 13.6 Å². The summed E-state index contributed by atoms with van der Waals surface area (Å²) in [7, 11) is 0. The summed E-state index contributed by atoms with van der Waals surface area (Å²) >= 11 is 0. The van der Waals surface area contributed by atoms with Gasteiger partial charge in [-0.3, -0.25) is 4.79 Å². The number of hydrogen-bond acceptors (Lipinski definition) is 3. The van der Waals surface area contributed by atoms with Crippen LogP contribution in [0.1, 0.15) is 54.6 Å². The van der Waals surface area contributed by atoms with Gasteiger partial charge in [-0.15, -0.1) is 5.10 Å². The van der Waals surface area contributed by atoms with E-state index in [2.05, 4.69) is 29.2 Å². The van der Waals surface area contributed by atoms with Crippen LogP contribution in [0.5, 0.6) is 0 Å². The molecular weight excluding hydrogens is 314 g/mol. The van der Waals surface area contributed by atoms with Crippen molar-refractivity contribution in [3.8, 4) is 5.69 Å². The smallest absolute Gasteiger partial charge is 0.291 e. The van der Waals surface area contributed by atoms with Gasteiger partial charge in [-0.05, 0) is 24.5 Å². The van der Waals surface area contributed by atoms with Gasteiger partial charge in [0, 0.05) is 18.9 Å². The van der Waals surface area contributed by atoms with Gasteiger partial charge in [-0.2, -0.15) is 0 Å². The molecule has 1 heterocycles. The summed E-state index contributed by atoms with van der Waals surface area (Å²) < 4.78 is 27.4. The Morgan fingerprint density at radius 3 is 2.62 bits per heavy atom. The van der Waals surface area contributed by atoms with Gasteiger partial charge in [0.05, 0.1) is 5.69 Å². The number of nitrogens with zero attached hydrogens (tertiary/aromatic N) is 3. The second-order valence-electron chi connectivity index (χ2n) is 6.54. The monoisotopic (exact) mass is 334 g/mol. The first kappa shape index (κ1) is 16.5. The van der Waals surface area contributed by atoms with E-state index in [1.165, 1.54) is 0 Å². The third-order valence-electron chi connectivity index (χ3n) is 4.18. The number of aromatic nitrogens is 3. The van der Waals surface area contributed by atoms with Crippen molar-refractivity contribution in [1.82, 2.24) is 20.1 Å². The Morgan fingerprint density at radius 1 is 1.33 bits per heavy atom. The lowest BCUT2D eigenvalue weighted by atomic mass is 9.88. The summed E-state index contributed by atoms with van der Waals surface area (Å²) in [5.41, 5.74) is 1.96. The van der Waals surface area contributed by atoms with Crippen LogP contribution in [-0.4, -0.2) is 32.6 Å². The zero-order valence-electron chi connectivity index (χ0n) is 13.9. The van der Waals surface area contributed by atoms with E-state index < -0.39 is 17.9 Å². The average molecular weight is 334 g/mol. The predicted octanol–water partition coefficient (Wildman–Crippen LogP) is 3.23. The minimum absolute atomic E-state index is 0.00118. The molecule has 1 aromatic carbocycles. The Morgan fingerprint density at radius 2 is 2.00 bits per heavy atom. The van der Waals surface area contributed by atoms with Crippen molar-refractivity contribution in [3.63, 3.8) is 0 Å². The highest BCUT2D eigenvalue weighted by Crippen LogP contribution is 2.37. The molecule has 1 aromatic heterocycles. The highest BCUT2D eigenvalue weighted by Gasteiger charge is 2.46. The maximum absolute atomic E-state index is 12.9. The molecule has 1 aliphatic carbocycles. The van der Waals surface area contributed by atoms with Gasteiger partial charge >= 0.3 is 0 Å². The molecule has 5 nitrogen and oxygen atoms in total. The molecule has 0 bridgehead atoms. The Hall–Kier alpha value is -2.31. The topological polar surface area (TPSA) is 59.8 Å². The maximum Gasteiger partial charge on any atom is 0.291 e. The molecule has 24 heavy (non-hydrogen) atoms. The van der Waals surface area contributed by atoms with Gasteiger partial charge < -0.3 is 5.32 Å². The second kappa shape index (κ2) is 5.96. The largest absolute Gasteiger partial charge is 0.346 e. The maximum atomic E-state index is 12.9. The molecule has 2 aromatic rings. The number of para-hydroxylation sites is 1. The lowest BCUT2D eigenvalue weighted by molar-refractivity contribution is -0.0902. The molecule has 0 saturated heterocycles. The van der Waals surface area contributed by atoms with E-state index in [-0.39, 0.29) is 18.7 Å². The number of benzene rings is 1. The molecule has 0 aliphatic heterocycles. The fourth-order valence-corrected chi connectivity index (χ4v) is 2.90. The molecule has 0 atom stereocenters. The Bertz CT molecular complexity index is 762. The predicted molar refractivity (Wildman–Crippen MR) is 85.6 cm³/mol.